The summed E-state index contributed by atoms with van der Waals surface area (Å²) < 4.78 is 39.8. The summed E-state index contributed by atoms with van der Waals surface area (Å²) in [6.45, 7) is 1.17. The van der Waals surface area contributed by atoms with Crippen LogP contribution in [0.3, 0.4) is 0 Å². The number of hydrogen-bond acceptors (Lipinski definition) is 7. The number of nitrogens with zero attached hydrogens (tertiary/aromatic N) is 3. The van der Waals surface area contributed by atoms with Gasteiger partial charge in [-0.15, -0.1) is 0 Å². The van der Waals surface area contributed by atoms with E-state index in [1.807, 2.05) is 0 Å². The molecule has 158 valence electrons. The monoisotopic (exact) mass is 430 g/mol. The van der Waals surface area contributed by atoms with Gasteiger partial charge in [-0.25, -0.2) is 22.9 Å². The Kier molecular flexibility index (Phi) is 6.48. The van der Waals surface area contributed by atoms with Gasteiger partial charge in [0.25, 0.3) is 0 Å². The van der Waals surface area contributed by atoms with E-state index >= 15 is 0 Å². The van der Waals surface area contributed by atoms with E-state index in [0.717, 1.165) is 5.69 Å². The third kappa shape index (κ3) is 5.43. The van der Waals surface area contributed by atoms with Crippen LogP contribution < -0.4 is 9.46 Å². The molecule has 9 nitrogen and oxygen atoms in total. The molecular formula is C20H22N4O5S. The van der Waals surface area contributed by atoms with E-state index < -0.39 is 21.5 Å². The number of aromatic nitrogens is 3. The minimum atomic E-state index is -3.84. The highest BCUT2D eigenvalue weighted by Gasteiger charge is 2.39. The molecule has 0 saturated heterocycles. The van der Waals surface area contributed by atoms with Crippen LogP contribution in [0.2, 0.25) is 0 Å². The molecule has 0 fully saturated rings. The Hall–Kier alpha value is -3.24. The number of hydrogen-bond donors (Lipinski definition) is 1. The number of benzene rings is 2. The van der Waals surface area contributed by atoms with Gasteiger partial charge in [0.1, 0.15) is 25.0 Å². The van der Waals surface area contributed by atoms with Crippen molar-refractivity contribution in [2.45, 2.75) is 18.2 Å². The molecule has 10 heteroatoms. The fourth-order valence-corrected chi connectivity index (χ4v) is 4.32. The van der Waals surface area contributed by atoms with Crippen LogP contribution in [-0.4, -0.2) is 48.4 Å². The first-order valence-corrected chi connectivity index (χ1v) is 10.7. The molecule has 1 heterocycles. The first kappa shape index (κ1) is 21.5. The lowest BCUT2D eigenvalue weighted by Gasteiger charge is -2.27. The van der Waals surface area contributed by atoms with E-state index in [9.17, 15) is 13.2 Å². The van der Waals surface area contributed by atoms with Gasteiger partial charge in [-0.1, -0.05) is 30.3 Å². The molecule has 1 unspecified atom stereocenters. The second-order valence-electron chi connectivity index (χ2n) is 6.79. The van der Waals surface area contributed by atoms with Crippen LogP contribution in [0.1, 0.15) is 12.5 Å². The number of methoxy groups -OCH3 is 1. The van der Waals surface area contributed by atoms with Crippen LogP contribution in [0.25, 0.3) is 5.69 Å². The van der Waals surface area contributed by atoms with Gasteiger partial charge in [-0.05, 0) is 36.8 Å². The summed E-state index contributed by atoms with van der Waals surface area (Å²) in [5.74, 6) is -0.567. The molecule has 0 saturated carbocycles. The molecular weight excluding hydrogens is 408 g/mol. The van der Waals surface area contributed by atoms with Gasteiger partial charge in [0.05, 0.1) is 18.6 Å². The van der Waals surface area contributed by atoms with Crippen LogP contribution in [0.4, 0.5) is 0 Å². The largest absolute Gasteiger partial charge is 0.491 e. The van der Waals surface area contributed by atoms with Crippen LogP contribution in [-0.2, 0) is 25.3 Å². The summed E-state index contributed by atoms with van der Waals surface area (Å²) in [6, 6.07) is 15.6. The molecule has 0 bridgehead atoms. The predicted molar refractivity (Wildman–Crippen MR) is 109 cm³/mol. The normalized spacial score (nSPS) is 13.4. The Morgan fingerprint density at radius 3 is 2.43 bits per heavy atom. The maximum absolute atomic E-state index is 12.6. The number of carbonyl (C=O) groups is 1. The van der Waals surface area contributed by atoms with Gasteiger partial charge in [0, 0.05) is 0 Å². The van der Waals surface area contributed by atoms with E-state index in [-0.39, 0.29) is 12.4 Å². The summed E-state index contributed by atoms with van der Waals surface area (Å²) in [4.78, 5) is 16.2. The molecule has 1 N–H and O–H groups in total. The molecule has 0 radical (unpaired) electrons. The SMILES string of the molecule is COC(=O)C(C)(COc1ccc(-n2cncn2)cc1)NS(=O)(=O)Cc1ccccc1. The first-order chi connectivity index (χ1) is 14.3. The molecule has 0 amide bonds. The van der Waals surface area contributed by atoms with Crippen molar-refractivity contribution in [1.29, 1.82) is 0 Å². The van der Waals surface area contributed by atoms with Gasteiger partial charge >= 0.3 is 5.97 Å². The minimum Gasteiger partial charge on any atom is -0.491 e. The van der Waals surface area contributed by atoms with Crippen molar-refractivity contribution >= 4 is 16.0 Å². The van der Waals surface area contributed by atoms with Crippen molar-refractivity contribution in [3.05, 3.63) is 72.8 Å². The van der Waals surface area contributed by atoms with Gasteiger partial charge in [-0.3, -0.25) is 0 Å². The molecule has 0 spiro atoms. The molecule has 0 aliphatic carbocycles. The number of carbonyl (C=O) groups excluding carboxylic acids is 1. The Bertz CT molecular complexity index is 1070. The molecule has 3 rings (SSSR count). The maximum atomic E-state index is 12.6. The van der Waals surface area contributed by atoms with E-state index in [0.29, 0.717) is 11.3 Å². The average Bonchev–Trinajstić information content (AvgIpc) is 3.27. The lowest BCUT2D eigenvalue weighted by Crippen LogP contribution is -2.56. The topological polar surface area (TPSA) is 112 Å². The van der Waals surface area contributed by atoms with E-state index in [1.54, 1.807) is 65.6 Å². The standard InChI is InChI=1S/C20H22N4O5S/c1-20(19(25)28-2,23-30(26,27)12-16-6-4-3-5-7-16)13-29-18-10-8-17(9-11-18)24-15-21-14-22-24/h3-11,14-15,23H,12-13H2,1-2H3. The molecule has 2 aromatic carbocycles. The van der Waals surface area contributed by atoms with Crippen molar-refractivity contribution in [3.8, 4) is 11.4 Å². The molecule has 0 aliphatic rings. The number of esters is 1. The van der Waals surface area contributed by atoms with Crippen LogP contribution in [0.5, 0.6) is 5.75 Å². The lowest BCUT2D eigenvalue weighted by molar-refractivity contribution is -0.148. The van der Waals surface area contributed by atoms with Gasteiger partial charge in [0.2, 0.25) is 10.0 Å². The molecule has 30 heavy (non-hydrogen) atoms. The zero-order valence-electron chi connectivity index (χ0n) is 16.6. The Morgan fingerprint density at radius 1 is 1.13 bits per heavy atom. The summed E-state index contributed by atoms with van der Waals surface area (Å²) in [7, 11) is -2.64. The van der Waals surface area contributed by atoms with E-state index in [1.165, 1.54) is 20.4 Å². The second-order valence-corrected chi connectivity index (χ2v) is 8.52. The highest BCUT2D eigenvalue weighted by molar-refractivity contribution is 7.88. The Labute approximate surface area is 174 Å². The van der Waals surface area contributed by atoms with Crippen molar-refractivity contribution in [2.24, 2.45) is 0 Å². The summed E-state index contributed by atoms with van der Waals surface area (Å²) in [5.41, 5.74) is -0.228. The second kappa shape index (κ2) is 9.06. The number of nitrogens with one attached hydrogen (secondary N) is 1. The minimum absolute atomic E-state index is 0.254. The smallest absolute Gasteiger partial charge is 0.330 e. The van der Waals surface area contributed by atoms with Crippen molar-refractivity contribution < 1.29 is 22.7 Å². The molecule has 0 aliphatic heterocycles. The lowest BCUT2D eigenvalue weighted by atomic mass is 10.1. The third-order valence-electron chi connectivity index (χ3n) is 4.26. The van der Waals surface area contributed by atoms with Crippen molar-refractivity contribution in [2.75, 3.05) is 13.7 Å². The molecule has 3 aromatic rings. The number of sulfonamides is 1. The van der Waals surface area contributed by atoms with Gasteiger partial charge < -0.3 is 9.47 Å². The van der Waals surface area contributed by atoms with Crippen LogP contribution >= 0.6 is 0 Å². The van der Waals surface area contributed by atoms with Gasteiger partial charge in [-0.2, -0.15) is 9.82 Å². The Balaban J connectivity index is 1.71. The van der Waals surface area contributed by atoms with Crippen molar-refractivity contribution in [1.82, 2.24) is 19.5 Å². The molecule has 1 atom stereocenters. The summed E-state index contributed by atoms with van der Waals surface area (Å²) in [5, 5.41) is 4.04. The maximum Gasteiger partial charge on any atom is 0.330 e. The average molecular weight is 430 g/mol. The summed E-state index contributed by atoms with van der Waals surface area (Å²) in [6.07, 6.45) is 2.99. The predicted octanol–water partition coefficient (Wildman–Crippen LogP) is 1.70. The van der Waals surface area contributed by atoms with Gasteiger partial charge in [0.15, 0.2) is 5.54 Å². The van der Waals surface area contributed by atoms with Crippen molar-refractivity contribution in [3.63, 3.8) is 0 Å². The number of ether oxygens (including phenoxy) is 2. The summed E-state index contributed by atoms with van der Waals surface area (Å²) >= 11 is 0. The first-order valence-electron chi connectivity index (χ1n) is 9.03. The fraction of sp³-hybridized carbons (Fsp3) is 0.250. The van der Waals surface area contributed by atoms with E-state index in [4.69, 9.17) is 9.47 Å². The zero-order chi connectivity index (χ0) is 21.6. The van der Waals surface area contributed by atoms with E-state index in [2.05, 4.69) is 14.8 Å². The Morgan fingerprint density at radius 2 is 1.83 bits per heavy atom. The van der Waals surface area contributed by atoms with Crippen LogP contribution in [0.15, 0.2) is 67.3 Å². The highest BCUT2D eigenvalue weighted by Crippen LogP contribution is 2.18. The fourth-order valence-electron chi connectivity index (χ4n) is 2.79. The quantitative estimate of drug-likeness (QED) is 0.514. The van der Waals surface area contributed by atoms with Crippen LogP contribution in [0, 0.1) is 0 Å². The number of rotatable bonds is 9. The third-order valence-corrected chi connectivity index (χ3v) is 5.74. The molecule has 1 aromatic heterocycles. The highest BCUT2D eigenvalue weighted by atomic mass is 32.2. The zero-order valence-corrected chi connectivity index (χ0v) is 17.4.